The van der Waals surface area contributed by atoms with Gasteiger partial charge in [0.1, 0.15) is 6.61 Å². The molecule has 0 spiro atoms. The van der Waals surface area contributed by atoms with E-state index >= 15 is 0 Å². The van der Waals surface area contributed by atoms with Gasteiger partial charge in [-0.1, -0.05) is 12.1 Å². The maximum atomic E-state index is 12.5. The van der Waals surface area contributed by atoms with Crippen LogP contribution in [0.15, 0.2) is 24.3 Å². The number of nitrogens with zero attached hydrogens (tertiary/aromatic N) is 3. The van der Waals surface area contributed by atoms with Gasteiger partial charge in [-0.05, 0) is 12.1 Å². The number of ether oxygens (including phenoxy) is 2. The molecule has 1 amide bonds. The summed E-state index contributed by atoms with van der Waals surface area (Å²) in [6, 6.07) is 9.50. The van der Waals surface area contributed by atoms with Crippen molar-refractivity contribution in [1.29, 1.82) is 5.26 Å². The lowest BCUT2D eigenvalue weighted by Gasteiger charge is -2.36. The van der Waals surface area contributed by atoms with Gasteiger partial charge in [0, 0.05) is 26.2 Å². The Bertz CT molecular complexity index is 562. The molecule has 1 aromatic rings. The smallest absolute Gasteiger partial charge is 0.267 e. The number of hydrogen-bond acceptors (Lipinski definition) is 5. The van der Waals surface area contributed by atoms with Crippen molar-refractivity contribution < 1.29 is 14.3 Å². The van der Waals surface area contributed by atoms with Gasteiger partial charge in [0.15, 0.2) is 11.5 Å². The summed E-state index contributed by atoms with van der Waals surface area (Å²) in [5, 5.41) is 8.68. The van der Waals surface area contributed by atoms with Crippen LogP contribution < -0.4 is 9.47 Å². The molecular formula is C15H17N3O3. The maximum absolute atomic E-state index is 12.5. The van der Waals surface area contributed by atoms with E-state index in [1.807, 2.05) is 23.1 Å². The normalized spacial score (nSPS) is 21.7. The molecule has 0 N–H and O–H groups in total. The summed E-state index contributed by atoms with van der Waals surface area (Å²) in [5.74, 6) is 1.26. The van der Waals surface area contributed by atoms with E-state index in [2.05, 4.69) is 6.07 Å². The second-order valence-corrected chi connectivity index (χ2v) is 5.12. The fourth-order valence-electron chi connectivity index (χ4n) is 2.57. The van der Waals surface area contributed by atoms with E-state index in [4.69, 9.17) is 14.7 Å². The van der Waals surface area contributed by atoms with E-state index in [0.717, 1.165) is 13.1 Å². The van der Waals surface area contributed by atoms with Gasteiger partial charge in [0.05, 0.1) is 12.6 Å². The van der Waals surface area contributed by atoms with E-state index in [0.29, 0.717) is 31.1 Å². The summed E-state index contributed by atoms with van der Waals surface area (Å²) in [4.78, 5) is 16.3. The minimum atomic E-state index is -0.581. The number of amides is 1. The van der Waals surface area contributed by atoms with Gasteiger partial charge in [0.25, 0.3) is 5.91 Å². The SMILES string of the molecule is N#CCN1CCN(C(=O)[C@H]2COc3ccccc3O2)CC1. The second-order valence-electron chi connectivity index (χ2n) is 5.12. The molecule has 0 aliphatic carbocycles. The van der Waals surface area contributed by atoms with Crippen LogP contribution in [-0.2, 0) is 4.79 Å². The molecule has 1 atom stereocenters. The lowest BCUT2D eigenvalue weighted by molar-refractivity contribution is -0.142. The molecule has 6 nitrogen and oxygen atoms in total. The lowest BCUT2D eigenvalue weighted by atomic mass is 10.2. The third-order valence-corrected chi connectivity index (χ3v) is 3.76. The van der Waals surface area contributed by atoms with E-state index < -0.39 is 6.10 Å². The fraction of sp³-hybridized carbons (Fsp3) is 0.467. The first-order valence-corrected chi connectivity index (χ1v) is 7.04. The predicted octanol–water partition coefficient (Wildman–Crippen LogP) is 0.494. The van der Waals surface area contributed by atoms with Gasteiger partial charge in [-0.15, -0.1) is 0 Å². The van der Waals surface area contributed by atoms with Gasteiger partial charge in [-0.3, -0.25) is 9.69 Å². The van der Waals surface area contributed by atoms with Crippen LogP contribution in [0, 0.1) is 11.3 Å². The zero-order chi connectivity index (χ0) is 14.7. The number of carbonyl (C=O) groups excluding carboxylic acids is 1. The summed E-state index contributed by atoms with van der Waals surface area (Å²) in [6.07, 6.45) is -0.581. The molecule has 2 aliphatic heterocycles. The largest absolute Gasteiger partial charge is 0.485 e. The minimum absolute atomic E-state index is 0.0406. The van der Waals surface area contributed by atoms with Gasteiger partial charge in [0.2, 0.25) is 6.10 Å². The monoisotopic (exact) mass is 287 g/mol. The number of fused-ring (bicyclic) bond motifs is 1. The zero-order valence-corrected chi connectivity index (χ0v) is 11.7. The Morgan fingerprint density at radius 3 is 2.67 bits per heavy atom. The van der Waals surface area contributed by atoms with Crippen molar-refractivity contribution >= 4 is 5.91 Å². The van der Waals surface area contributed by atoms with Crippen LogP contribution >= 0.6 is 0 Å². The van der Waals surface area contributed by atoms with Crippen LogP contribution in [0.1, 0.15) is 0 Å². The number of carbonyl (C=O) groups is 1. The highest BCUT2D eigenvalue weighted by Crippen LogP contribution is 2.31. The third kappa shape index (κ3) is 2.93. The molecule has 2 aliphatic rings. The average Bonchev–Trinajstić information content (AvgIpc) is 2.55. The summed E-state index contributed by atoms with van der Waals surface area (Å²) in [5.41, 5.74) is 0. The van der Waals surface area contributed by atoms with E-state index in [-0.39, 0.29) is 12.5 Å². The second kappa shape index (κ2) is 6.02. The first kappa shape index (κ1) is 13.7. The summed E-state index contributed by atoms with van der Waals surface area (Å²) < 4.78 is 11.3. The van der Waals surface area contributed by atoms with Crippen molar-refractivity contribution in [2.75, 3.05) is 39.3 Å². The van der Waals surface area contributed by atoms with Crippen molar-refractivity contribution in [3.63, 3.8) is 0 Å². The minimum Gasteiger partial charge on any atom is -0.485 e. The van der Waals surface area contributed by atoms with Crippen molar-refractivity contribution in [3.05, 3.63) is 24.3 Å². The maximum Gasteiger partial charge on any atom is 0.267 e. The first-order chi connectivity index (χ1) is 10.3. The predicted molar refractivity (Wildman–Crippen MR) is 75.0 cm³/mol. The van der Waals surface area contributed by atoms with E-state index in [1.54, 1.807) is 11.0 Å². The van der Waals surface area contributed by atoms with Crippen LogP contribution in [-0.4, -0.2) is 61.1 Å². The highest BCUT2D eigenvalue weighted by atomic mass is 16.6. The Morgan fingerprint density at radius 2 is 1.95 bits per heavy atom. The molecule has 0 aromatic heterocycles. The standard InChI is InChI=1S/C15H17N3O3/c16-5-6-17-7-9-18(10-8-17)15(19)14-11-20-12-3-1-2-4-13(12)21-14/h1-4,14H,6-11H2/t14-/m1/s1. The van der Waals surface area contributed by atoms with Crippen molar-refractivity contribution in [2.24, 2.45) is 0 Å². The number of rotatable bonds is 2. The Morgan fingerprint density at radius 1 is 1.24 bits per heavy atom. The summed E-state index contributed by atoms with van der Waals surface area (Å²) >= 11 is 0. The number of para-hydroxylation sites is 2. The number of piperazine rings is 1. The highest BCUT2D eigenvalue weighted by Gasteiger charge is 2.32. The van der Waals surface area contributed by atoms with Gasteiger partial charge in [-0.25, -0.2) is 0 Å². The molecule has 0 unspecified atom stereocenters. The molecule has 6 heteroatoms. The molecule has 3 rings (SSSR count). The van der Waals surface area contributed by atoms with Crippen LogP contribution in [0.4, 0.5) is 0 Å². The zero-order valence-electron chi connectivity index (χ0n) is 11.7. The summed E-state index contributed by atoms with van der Waals surface area (Å²) in [7, 11) is 0. The van der Waals surface area contributed by atoms with Gasteiger partial charge in [-0.2, -0.15) is 5.26 Å². The van der Waals surface area contributed by atoms with Gasteiger partial charge >= 0.3 is 0 Å². The average molecular weight is 287 g/mol. The number of benzene rings is 1. The lowest BCUT2D eigenvalue weighted by Crippen LogP contribution is -2.54. The van der Waals surface area contributed by atoms with Crippen LogP contribution in [0.5, 0.6) is 11.5 Å². The van der Waals surface area contributed by atoms with E-state index in [9.17, 15) is 4.79 Å². The number of nitriles is 1. The molecule has 110 valence electrons. The quantitative estimate of drug-likeness (QED) is 0.741. The van der Waals surface area contributed by atoms with Crippen molar-refractivity contribution in [3.8, 4) is 17.6 Å². The molecular weight excluding hydrogens is 270 g/mol. The van der Waals surface area contributed by atoms with Crippen molar-refractivity contribution in [1.82, 2.24) is 9.80 Å². The molecule has 1 aromatic carbocycles. The van der Waals surface area contributed by atoms with Crippen LogP contribution in [0.3, 0.4) is 0 Å². The topological polar surface area (TPSA) is 65.8 Å². The molecule has 1 saturated heterocycles. The van der Waals surface area contributed by atoms with E-state index in [1.165, 1.54) is 0 Å². The number of hydrogen-bond donors (Lipinski definition) is 0. The molecule has 0 bridgehead atoms. The Hall–Kier alpha value is -2.26. The Kier molecular flexibility index (Phi) is 3.93. The highest BCUT2D eigenvalue weighted by molar-refractivity contribution is 5.82. The summed E-state index contributed by atoms with van der Waals surface area (Å²) in [6.45, 7) is 3.36. The molecule has 1 fully saturated rings. The molecule has 0 radical (unpaired) electrons. The molecule has 2 heterocycles. The Balaban J connectivity index is 1.59. The first-order valence-electron chi connectivity index (χ1n) is 7.04. The Labute approximate surface area is 123 Å². The molecule has 0 saturated carbocycles. The third-order valence-electron chi connectivity index (χ3n) is 3.76. The fourth-order valence-corrected chi connectivity index (χ4v) is 2.57. The van der Waals surface area contributed by atoms with Crippen LogP contribution in [0.25, 0.3) is 0 Å². The molecule has 21 heavy (non-hydrogen) atoms. The van der Waals surface area contributed by atoms with Crippen LogP contribution in [0.2, 0.25) is 0 Å². The van der Waals surface area contributed by atoms with Gasteiger partial charge < -0.3 is 14.4 Å². The van der Waals surface area contributed by atoms with Crippen molar-refractivity contribution in [2.45, 2.75) is 6.10 Å².